The summed E-state index contributed by atoms with van der Waals surface area (Å²) in [6.45, 7) is 7.82. The lowest BCUT2D eigenvalue weighted by Crippen LogP contribution is -2.56. The third-order valence-electron chi connectivity index (χ3n) is 2.51. The van der Waals surface area contributed by atoms with E-state index in [2.05, 4.69) is 0 Å². The Kier molecular flexibility index (Phi) is 4.89. The van der Waals surface area contributed by atoms with Gasteiger partial charge in [-0.25, -0.2) is 8.78 Å². The smallest absolute Gasteiger partial charge is 0.297 e. The van der Waals surface area contributed by atoms with E-state index >= 15 is 0 Å². The molecule has 0 atom stereocenters. The summed E-state index contributed by atoms with van der Waals surface area (Å²) in [7, 11) is -2.05. The normalized spacial score (nSPS) is 14.4. The molecule has 0 aromatic carbocycles. The highest BCUT2D eigenvalue weighted by molar-refractivity contribution is 6.69. The van der Waals surface area contributed by atoms with E-state index in [-0.39, 0.29) is 12.8 Å². The van der Waals surface area contributed by atoms with Gasteiger partial charge in [-0.05, 0) is 32.5 Å². The molecule has 0 aliphatic rings. The minimum absolute atomic E-state index is 0.210. The summed E-state index contributed by atoms with van der Waals surface area (Å²) in [6, 6.07) is 0. The van der Waals surface area contributed by atoms with Crippen LogP contribution < -0.4 is 0 Å². The van der Waals surface area contributed by atoms with Crippen LogP contribution in [0.1, 0.15) is 26.7 Å². The standard InChI is InChI=1S/C10H22F2O2Si/c1-6-9(7-2,10(11,12)8-13)14-15(3,4)5/h13H,6-8H2,1-5H3. The maximum absolute atomic E-state index is 13.7. The van der Waals surface area contributed by atoms with Crippen molar-refractivity contribution < 1.29 is 18.3 Å². The van der Waals surface area contributed by atoms with E-state index in [1.165, 1.54) is 0 Å². The van der Waals surface area contributed by atoms with Gasteiger partial charge in [0.25, 0.3) is 5.92 Å². The second kappa shape index (κ2) is 4.89. The van der Waals surface area contributed by atoms with E-state index in [1.807, 2.05) is 19.6 Å². The van der Waals surface area contributed by atoms with Crippen LogP contribution in [0.3, 0.4) is 0 Å². The molecule has 5 heteroatoms. The van der Waals surface area contributed by atoms with Crippen molar-refractivity contribution in [1.82, 2.24) is 0 Å². The Morgan fingerprint density at radius 2 is 1.53 bits per heavy atom. The summed E-state index contributed by atoms with van der Waals surface area (Å²) < 4.78 is 32.9. The molecule has 0 fully saturated rings. The first kappa shape index (κ1) is 15.0. The minimum Gasteiger partial charge on any atom is -0.406 e. The molecular formula is C10H22F2O2Si. The van der Waals surface area contributed by atoms with Gasteiger partial charge in [-0.3, -0.25) is 0 Å². The molecule has 2 nitrogen and oxygen atoms in total. The number of alkyl halides is 2. The van der Waals surface area contributed by atoms with Gasteiger partial charge in [0.05, 0.1) is 0 Å². The Morgan fingerprint density at radius 3 is 1.73 bits per heavy atom. The van der Waals surface area contributed by atoms with Gasteiger partial charge in [-0.15, -0.1) is 0 Å². The maximum Gasteiger partial charge on any atom is 0.297 e. The van der Waals surface area contributed by atoms with Crippen molar-refractivity contribution in [3.05, 3.63) is 0 Å². The molecule has 0 radical (unpaired) electrons. The lowest BCUT2D eigenvalue weighted by Gasteiger charge is -2.42. The molecule has 0 unspecified atom stereocenters. The van der Waals surface area contributed by atoms with Crippen molar-refractivity contribution in [2.45, 2.75) is 57.9 Å². The van der Waals surface area contributed by atoms with Crippen LogP contribution in [0.25, 0.3) is 0 Å². The second-order valence-corrected chi connectivity index (χ2v) is 9.21. The van der Waals surface area contributed by atoms with E-state index in [0.717, 1.165) is 0 Å². The summed E-state index contributed by atoms with van der Waals surface area (Å²) in [5.41, 5.74) is -1.51. The van der Waals surface area contributed by atoms with Gasteiger partial charge in [0, 0.05) is 0 Å². The predicted molar refractivity (Wildman–Crippen MR) is 59.8 cm³/mol. The van der Waals surface area contributed by atoms with Crippen molar-refractivity contribution in [2.24, 2.45) is 0 Å². The van der Waals surface area contributed by atoms with Crippen LogP contribution in [0.2, 0.25) is 19.6 Å². The molecule has 0 heterocycles. The van der Waals surface area contributed by atoms with Crippen molar-refractivity contribution in [3.8, 4) is 0 Å². The fraction of sp³-hybridized carbons (Fsp3) is 1.00. The lowest BCUT2D eigenvalue weighted by molar-refractivity contribution is -0.193. The van der Waals surface area contributed by atoms with Crippen LogP contribution in [0.15, 0.2) is 0 Å². The lowest BCUT2D eigenvalue weighted by atomic mass is 9.90. The molecule has 0 amide bonds. The average molecular weight is 240 g/mol. The van der Waals surface area contributed by atoms with Crippen molar-refractivity contribution >= 4 is 8.32 Å². The van der Waals surface area contributed by atoms with Crippen molar-refractivity contribution in [3.63, 3.8) is 0 Å². The van der Waals surface area contributed by atoms with E-state index in [0.29, 0.717) is 0 Å². The molecule has 0 saturated heterocycles. The zero-order valence-corrected chi connectivity index (χ0v) is 11.2. The first-order valence-electron chi connectivity index (χ1n) is 5.33. The van der Waals surface area contributed by atoms with Crippen LogP contribution in [0.5, 0.6) is 0 Å². The average Bonchev–Trinajstić information content (AvgIpc) is 2.12. The van der Waals surface area contributed by atoms with Crippen LogP contribution >= 0.6 is 0 Å². The SMILES string of the molecule is CCC(CC)(O[Si](C)(C)C)C(F)(F)CO. The molecule has 0 spiro atoms. The van der Waals surface area contributed by atoms with Gasteiger partial charge in [0.1, 0.15) is 12.2 Å². The Bertz CT molecular complexity index is 198. The van der Waals surface area contributed by atoms with Crippen molar-refractivity contribution in [2.75, 3.05) is 6.61 Å². The topological polar surface area (TPSA) is 29.5 Å². The van der Waals surface area contributed by atoms with Crippen LogP contribution in [0.4, 0.5) is 8.78 Å². The molecule has 0 bridgehead atoms. The highest BCUT2D eigenvalue weighted by atomic mass is 28.4. The highest BCUT2D eigenvalue weighted by Gasteiger charge is 2.53. The Hall–Kier alpha value is -0.00312. The van der Waals surface area contributed by atoms with Gasteiger partial charge in [0.2, 0.25) is 0 Å². The number of rotatable bonds is 6. The minimum atomic E-state index is -3.17. The zero-order chi connectivity index (χ0) is 12.3. The quantitative estimate of drug-likeness (QED) is 0.723. The Balaban J connectivity index is 5.05. The van der Waals surface area contributed by atoms with Gasteiger partial charge in [-0.2, -0.15) is 0 Å². The molecular weight excluding hydrogens is 218 g/mol. The Labute approximate surface area is 91.8 Å². The molecule has 0 aromatic heterocycles. The number of hydrogen-bond acceptors (Lipinski definition) is 2. The number of halogens is 2. The predicted octanol–water partition coefficient (Wildman–Crippen LogP) is 3.02. The first-order valence-corrected chi connectivity index (χ1v) is 8.74. The highest BCUT2D eigenvalue weighted by Crippen LogP contribution is 2.39. The van der Waals surface area contributed by atoms with Crippen LogP contribution in [-0.2, 0) is 4.43 Å². The van der Waals surface area contributed by atoms with Crippen LogP contribution in [0, 0.1) is 0 Å². The summed E-state index contributed by atoms with van der Waals surface area (Å²) in [5.74, 6) is -3.17. The number of aliphatic hydroxyl groups is 1. The number of aliphatic hydroxyl groups excluding tert-OH is 1. The molecule has 15 heavy (non-hydrogen) atoms. The fourth-order valence-electron chi connectivity index (χ4n) is 1.72. The van der Waals surface area contributed by atoms with E-state index in [9.17, 15) is 8.78 Å². The molecule has 0 rings (SSSR count). The summed E-state index contributed by atoms with van der Waals surface area (Å²) >= 11 is 0. The molecule has 0 aromatic rings. The fourth-order valence-corrected chi connectivity index (χ4v) is 3.33. The summed E-state index contributed by atoms with van der Waals surface area (Å²) in [6.07, 6.45) is 0.419. The van der Waals surface area contributed by atoms with E-state index < -0.39 is 26.4 Å². The number of hydrogen-bond donors (Lipinski definition) is 1. The largest absolute Gasteiger partial charge is 0.406 e. The third kappa shape index (κ3) is 3.50. The molecule has 0 saturated carbocycles. The van der Waals surface area contributed by atoms with Gasteiger partial charge < -0.3 is 9.53 Å². The molecule has 0 aliphatic carbocycles. The van der Waals surface area contributed by atoms with Crippen molar-refractivity contribution in [1.29, 1.82) is 0 Å². The van der Waals surface area contributed by atoms with Gasteiger partial charge in [-0.1, -0.05) is 13.8 Å². The van der Waals surface area contributed by atoms with Crippen LogP contribution in [-0.4, -0.2) is 31.6 Å². The Morgan fingerprint density at radius 1 is 1.13 bits per heavy atom. The first-order chi connectivity index (χ1) is 6.64. The summed E-state index contributed by atoms with van der Waals surface area (Å²) in [5, 5.41) is 8.77. The molecule has 1 N–H and O–H groups in total. The maximum atomic E-state index is 13.7. The van der Waals surface area contributed by atoms with E-state index in [4.69, 9.17) is 9.53 Å². The summed E-state index contributed by atoms with van der Waals surface area (Å²) in [4.78, 5) is 0. The molecule has 0 aliphatic heterocycles. The molecule has 92 valence electrons. The third-order valence-corrected chi connectivity index (χ3v) is 3.51. The van der Waals surface area contributed by atoms with E-state index in [1.54, 1.807) is 13.8 Å². The van der Waals surface area contributed by atoms with Gasteiger partial charge in [0.15, 0.2) is 8.32 Å². The van der Waals surface area contributed by atoms with Gasteiger partial charge >= 0.3 is 0 Å². The zero-order valence-electron chi connectivity index (χ0n) is 10.2. The monoisotopic (exact) mass is 240 g/mol. The second-order valence-electron chi connectivity index (χ2n) is 4.78.